The topological polar surface area (TPSA) is 58.6 Å². The molecule has 2 aromatic rings. The van der Waals surface area contributed by atoms with E-state index in [1.807, 2.05) is 36.4 Å². The lowest BCUT2D eigenvalue weighted by Crippen LogP contribution is -2.30. The first-order valence-corrected chi connectivity index (χ1v) is 10.4. The smallest absolute Gasteiger partial charge is 0.338 e. The van der Waals surface area contributed by atoms with Crippen LogP contribution in [0.2, 0.25) is 0 Å². The molecule has 29 heavy (non-hydrogen) atoms. The summed E-state index contributed by atoms with van der Waals surface area (Å²) in [7, 11) is 0. The number of hydrogen-bond acceptors (Lipinski definition) is 4. The minimum absolute atomic E-state index is 0.327. The Bertz CT molecular complexity index is 813. The molecule has 156 valence electrons. The molecule has 0 spiro atoms. The second-order valence-corrected chi connectivity index (χ2v) is 7.15. The first-order valence-electron chi connectivity index (χ1n) is 10.4. The number of ether oxygens (including phenoxy) is 1. The third-order valence-electron chi connectivity index (χ3n) is 5.25. The van der Waals surface area contributed by atoms with Crippen LogP contribution in [-0.2, 0) is 9.53 Å². The first-order chi connectivity index (χ1) is 13.9. The summed E-state index contributed by atoms with van der Waals surface area (Å²) in [4.78, 5) is 27.2. The van der Waals surface area contributed by atoms with E-state index in [-0.39, 0.29) is 5.91 Å². The minimum Gasteiger partial charge on any atom is -0.449 e. The van der Waals surface area contributed by atoms with Crippen molar-refractivity contribution in [3.05, 3.63) is 59.7 Å². The maximum atomic E-state index is 12.6. The van der Waals surface area contributed by atoms with Crippen LogP contribution >= 0.6 is 0 Å². The van der Waals surface area contributed by atoms with E-state index in [0.717, 1.165) is 36.4 Å². The average molecular weight is 397 g/mol. The Balaban J connectivity index is 2.02. The van der Waals surface area contributed by atoms with Crippen molar-refractivity contribution < 1.29 is 14.3 Å². The molecule has 1 N–H and O–H groups in total. The van der Waals surface area contributed by atoms with Crippen LogP contribution in [0.1, 0.15) is 62.9 Å². The number of para-hydroxylation sites is 1. The van der Waals surface area contributed by atoms with Crippen LogP contribution in [-0.4, -0.2) is 31.1 Å². The molecule has 0 unspecified atom stereocenters. The van der Waals surface area contributed by atoms with E-state index in [4.69, 9.17) is 4.74 Å². The van der Waals surface area contributed by atoms with Crippen molar-refractivity contribution in [1.82, 2.24) is 0 Å². The van der Waals surface area contributed by atoms with Crippen LogP contribution in [0.3, 0.4) is 0 Å². The van der Waals surface area contributed by atoms with Gasteiger partial charge < -0.3 is 15.0 Å². The molecule has 5 nitrogen and oxygen atoms in total. The van der Waals surface area contributed by atoms with Gasteiger partial charge in [-0.2, -0.15) is 0 Å². The van der Waals surface area contributed by atoms with Gasteiger partial charge in [-0.1, -0.05) is 32.0 Å². The lowest BCUT2D eigenvalue weighted by molar-refractivity contribution is -0.123. The molecule has 0 aliphatic heterocycles. The third-order valence-corrected chi connectivity index (χ3v) is 5.25. The Morgan fingerprint density at radius 2 is 1.59 bits per heavy atom. The van der Waals surface area contributed by atoms with Crippen LogP contribution in [0.4, 0.5) is 11.4 Å². The van der Waals surface area contributed by atoms with Gasteiger partial charge in [0.25, 0.3) is 5.91 Å². The number of nitrogens with zero attached hydrogens (tertiary/aromatic N) is 1. The van der Waals surface area contributed by atoms with Crippen molar-refractivity contribution in [3.8, 4) is 0 Å². The highest BCUT2D eigenvalue weighted by Gasteiger charge is 2.20. The van der Waals surface area contributed by atoms with Gasteiger partial charge in [-0.3, -0.25) is 4.79 Å². The van der Waals surface area contributed by atoms with Crippen LogP contribution in [0.5, 0.6) is 0 Å². The number of esters is 1. The molecule has 2 atom stereocenters. The third kappa shape index (κ3) is 5.83. The number of benzene rings is 2. The van der Waals surface area contributed by atoms with Gasteiger partial charge in [0, 0.05) is 24.5 Å². The van der Waals surface area contributed by atoms with E-state index in [1.165, 1.54) is 0 Å². The normalized spacial score (nSPS) is 12.7. The Hall–Kier alpha value is -2.82. The zero-order valence-electron chi connectivity index (χ0n) is 18.1. The molecule has 0 fully saturated rings. The molecule has 5 heteroatoms. The SMILES string of the molecule is CC[C@@H](C)c1ccccc1NC(=O)[C@H](C)OC(=O)c1ccc(N(CC)CC)cc1. The van der Waals surface area contributed by atoms with E-state index in [9.17, 15) is 9.59 Å². The standard InChI is InChI=1S/C24H32N2O3/c1-6-17(4)21-11-9-10-12-22(21)25-23(27)18(5)29-24(28)19-13-15-20(16-14-19)26(7-2)8-3/h9-18H,6-8H2,1-5H3,(H,25,27)/t17-,18+/m1/s1. The van der Waals surface area contributed by atoms with Gasteiger partial charge in [0.05, 0.1) is 5.56 Å². The van der Waals surface area contributed by atoms with E-state index in [2.05, 4.69) is 37.9 Å². The van der Waals surface area contributed by atoms with Gasteiger partial charge in [-0.05, 0) is 69.0 Å². The van der Waals surface area contributed by atoms with Gasteiger partial charge in [0.1, 0.15) is 0 Å². The predicted octanol–water partition coefficient (Wildman–Crippen LogP) is 5.23. The van der Waals surface area contributed by atoms with Crippen molar-refractivity contribution in [2.24, 2.45) is 0 Å². The summed E-state index contributed by atoms with van der Waals surface area (Å²) in [6, 6.07) is 15.0. The van der Waals surface area contributed by atoms with Crippen molar-refractivity contribution in [2.75, 3.05) is 23.3 Å². The molecule has 0 saturated heterocycles. The number of carbonyl (C=O) groups excluding carboxylic acids is 2. The monoisotopic (exact) mass is 396 g/mol. The number of anilines is 2. The van der Waals surface area contributed by atoms with Crippen molar-refractivity contribution in [3.63, 3.8) is 0 Å². The lowest BCUT2D eigenvalue weighted by atomic mass is 9.97. The van der Waals surface area contributed by atoms with Crippen LogP contribution < -0.4 is 10.2 Å². The molecule has 0 aliphatic rings. The minimum atomic E-state index is -0.894. The Morgan fingerprint density at radius 1 is 0.966 bits per heavy atom. The fourth-order valence-electron chi connectivity index (χ4n) is 3.17. The maximum absolute atomic E-state index is 12.6. The molecule has 0 aromatic heterocycles. The van der Waals surface area contributed by atoms with E-state index in [1.54, 1.807) is 19.1 Å². The van der Waals surface area contributed by atoms with Gasteiger partial charge in [0.2, 0.25) is 0 Å². The van der Waals surface area contributed by atoms with Crippen LogP contribution in [0.15, 0.2) is 48.5 Å². The summed E-state index contributed by atoms with van der Waals surface area (Å²) in [6.07, 6.45) is 0.0796. The summed E-state index contributed by atoms with van der Waals surface area (Å²) in [6.45, 7) is 11.8. The van der Waals surface area contributed by atoms with Gasteiger partial charge >= 0.3 is 5.97 Å². The Kier molecular flexibility index (Phi) is 8.25. The molecular weight excluding hydrogens is 364 g/mol. The summed E-state index contributed by atoms with van der Waals surface area (Å²) in [5, 5.41) is 2.90. The fourth-order valence-corrected chi connectivity index (χ4v) is 3.17. The molecule has 0 aliphatic carbocycles. The number of hydrogen-bond donors (Lipinski definition) is 1. The average Bonchev–Trinajstić information content (AvgIpc) is 2.74. The van der Waals surface area contributed by atoms with E-state index < -0.39 is 12.1 Å². The molecule has 2 aromatic carbocycles. The van der Waals surface area contributed by atoms with Crippen molar-refractivity contribution >= 4 is 23.3 Å². The molecule has 0 heterocycles. The zero-order valence-corrected chi connectivity index (χ0v) is 18.1. The maximum Gasteiger partial charge on any atom is 0.338 e. The molecule has 2 rings (SSSR count). The molecule has 0 saturated carbocycles. The van der Waals surface area contributed by atoms with Crippen LogP contribution in [0, 0.1) is 0 Å². The van der Waals surface area contributed by atoms with Crippen molar-refractivity contribution in [1.29, 1.82) is 0 Å². The van der Waals surface area contributed by atoms with E-state index in [0.29, 0.717) is 11.5 Å². The second kappa shape index (κ2) is 10.6. The molecule has 0 radical (unpaired) electrons. The number of carbonyl (C=O) groups is 2. The van der Waals surface area contributed by atoms with E-state index >= 15 is 0 Å². The summed E-state index contributed by atoms with van der Waals surface area (Å²) in [5.41, 5.74) is 3.33. The second-order valence-electron chi connectivity index (χ2n) is 7.15. The highest BCUT2D eigenvalue weighted by Crippen LogP contribution is 2.26. The largest absolute Gasteiger partial charge is 0.449 e. The van der Waals surface area contributed by atoms with Crippen molar-refractivity contribution in [2.45, 2.75) is 53.1 Å². The molecule has 1 amide bonds. The Morgan fingerprint density at radius 3 is 2.17 bits per heavy atom. The summed E-state index contributed by atoms with van der Waals surface area (Å²) < 4.78 is 5.39. The Labute approximate surface area is 174 Å². The number of nitrogens with one attached hydrogen (secondary N) is 1. The van der Waals surface area contributed by atoms with Gasteiger partial charge in [0.15, 0.2) is 6.10 Å². The lowest BCUT2D eigenvalue weighted by Gasteiger charge is -2.21. The number of amides is 1. The highest BCUT2D eigenvalue weighted by atomic mass is 16.5. The summed E-state index contributed by atoms with van der Waals surface area (Å²) in [5.74, 6) is -0.517. The number of rotatable bonds is 9. The first kappa shape index (κ1) is 22.5. The fraction of sp³-hybridized carbons (Fsp3) is 0.417. The summed E-state index contributed by atoms with van der Waals surface area (Å²) >= 11 is 0. The predicted molar refractivity (Wildman–Crippen MR) is 119 cm³/mol. The van der Waals surface area contributed by atoms with Gasteiger partial charge in [-0.15, -0.1) is 0 Å². The highest BCUT2D eigenvalue weighted by molar-refractivity contribution is 5.97. The van der Waals surface area contributed by atoms with Gasteiger partial charge in [-0.25, -0.2) is 4.79 Å². The zero-order chi connectivity index (χ0) is 21.4. The van der Waals surface area contributed by atoms with Crippen LogP contribution in [0.25, 0.3) is 0 Å². The molecular formula is C24H32N2O3. The molecule has 0 bridgehead atoms. The quantitative estimate of drug-likeness (QED) is 0.590.